The number of imidazole rings is 1. The van der Waals surface area contributed by atoms with Gasteiger partial charge in [-0.25, -0.2) is 18.1 Å². The molecule has 0 fully saturated rings. The molecule has 1 aromatic heterocycles. The third-order valence-corrected chi connectivity index (χ3v) is 4.37. The molecule has 10 heteroatoms. The lowest BCUT2D eigenvalue weighted by atomic mass is 10.3. The van der Waals surface area contributed by atoms with Crippen molar-refractivity contribution in [2.24, 2.45) is 0 Å². The van der Waals surface area contributed by atoms with E-state index in [0.717, 1.165) is 18.2 Å². The number of nitro benzene ring substituents is 1. The Morgan fingerprint density at radius 1 is 1.48 bits per heavy atom. The van der Waals surface area contributed by atoms with Crippen LogP contribution in [0.15, 0.2) is 35.5 Å². The molecule has 0 amide bonds. The molecule has 0 radical (unpaired) electrons. The first-order valence-electron chi connectivity index (χ1n) is 5.87. The smallest absolute Gasteiger partial charge is 0.271 e. The largest absolute Gasteiger partial charge is 0.397 e. The fraction of sp³-hybridized carbons (Fsp3) is 0.182. The van der Waals surface area contributed by atoms with Gasteiger partial charge in [0.25, 0.3) is 5.69 Å². The molecule has 2 aromatic rings. The summed E-state index contributed by atoms with van der Waals surface area (Å²) in [7, 11) is -3.92. The average Bonchev–Trinajstić information content (AvgIpc) is 2.91. The fourth-order valence-corrected chi connectivity index (χ4v) is 3.08. The molecule has 0 aliphatic carbocycles. The number of sulfonamides is 1. The molecule has 9 nitrogen and oxygen atoms in total. The number of nitrogen functional groups attached to an aromatic ring is 1. The zero-order valence-corrected chi connectivity index (χ0v) is 11.8. The summed E-state index contributed by atoms with van der Waals surface area (Å²) in [6.45, 7) is 1.61. The van der Waals surface area contributed by atoms with Crippen molar-refractivity contribution in [2.75, 3.05) is 5.73 Å². The van der Waals surface area contributed by atoms with Crippen molar-refractivity contribution in [3.63, 3.8) is 0 Å². The molecule has 0 aliphatic heterocycles. The van der Waals surface area contributed by atoms with Gasteiger partial charge in [-0.15, -0.1) is 0 Å². The average molecular weight is 311 g/mol. The van der Waals surface area contributed by atoms with E-state index >= 15 is 0 Å². The molecule has 0 bridgehead atoms. The number of hydrogen-bond donors (Lipinski definition) is 3. The van der Waals surface area contributed by atoms with Crippen LogP contribution in [0, 0.1) is 10.1 Å². The zero-order valence-electron chi connectivity index (χ0n) is 11.0. The number of non-ortho nitro benzene ring substituents is 1. The predicted octanol–water partition coefficient (Wildman–Crippen LogP) is 0.940. The van der Waals surface area contributed by atoms with E-state index in [4.69, 9.17) is 5.73 Å². The minimum Gasteiger partial charge on any atom is -0.397 e. The molecule has 21 heavy (non-hydrogen) atoms. The molecule has 1 heterocycles. The first-order valence-corrected chi connectivity index (χ1v) is 7.35. The Morgan fingerprint density at radius 2 is 2.19 bits per heavy atom. The zero-order chi connectivity index (χ0) is 15.6. The van der Waals surface area contributed by atoms with Crippen LogP contribution in [0.3, 0.4) is 0 Å². The standard InChI is InChI=1S/C11H13N5O4S/c1-7(11-13-4-5-14-11)15-21(19,20)10-3-2-8(16(17)18)6-9(10)12/h2-7,15H,12H2,1H3,(H,13,14). The Kier molecular flexibility index (Phi) is 3.91. The molecule has 2 rings (SSSR count). The molecule has 0 spiro atoms. The molecular weight excluding hydrogens is 298 g/mol. The van der Waals surface area contributed by atoms with Crippen LogP contribution in [0.1, 0.15) is 18.8 Å². The molecule has 1 unspecified atom stereocenters. The molecule has 4 N–H and O–H groups in total. The summed E-state index contributed by atoms with van der Waals surface area (Å²) in [6.07, 6.45) is 3.07. The Morgan fingerprint density at radius 3 is 2.71 bits per heavy atom. The Balaban J connectivity index is 2.29. The number of aromatic amines is 1. The summed E-state index contributed by atoms with van der Waals surface area (Å²) in [5.41, 5.74) is 5.13. The number of H-pyrrole nitrogens is 1. The molecule has 112 valence electrons. The predicted molar refractivity (Wildman–Crippen MR) is 74.8 cm³/mol. The summed E-state index contributed by atoms with van der Waals surface area (Å²) in [4.78, 5) is 16.5. The van der Waals surface area contributed by atoms with Gasteiger partial charge in [0.05, 0.1) is 16.7 Å². The van der Waals surface area contributed by atoms with Gasteiger partial charge in [0.2, 0.25) is 10.0 Å². The maximum absolute atomic E-state index is 12.2. The van der Waals surface area contributed by atoms with Gasteiger partial charge in [0.15, 0.2) is 0 Å². The number of hydrogen-bond acceptors (Lipinski definition) is 6. The van der Waals surface area contributed by atoms with Crippen molar-refractivity contribution >= 4 is 21.4 Å². The van der Waals surface area contributed by atoms with E-state index < -0.39 is 21.0 Å². The highest BCUT2D eigenvalue weighted by atomic mass is 32.2. The molecule has 1 atom stereocenters. The van der Waals surface area contributed by atoms with E-state index in [9.17, 15) is 18.5 Å². The molecule has 0 saturated heterocycles. The summed E-state index contributed by atoms with van der Waals surface area (Å²) >= 11 is 0. The number of aromatic nitrogens is 2. The lowest BCUT2D eigenvalue weighted by Crippen LogP contribution is -2.28. The Hall–Kier alpha value is -2.46. The number of nitro groups is 1. The van der Waals surface area contributed by atoms with Crippen molar-refractivity contribution in [3.8, 4) is 0 Å². The van der Waals surface area contributed by atoms with Crippen LogP contribution >= 0.6 is 0 Å². The highest BCUT2D eigenvalue weighted by Crippen LogP contribution is 2.24. The maximum atomic E-state index is 12.2. The van der Waals surface area contributed by atoms with E-state index in [1.165, 1.54) is 6.20 Å². The summed E-state index contributed by atoms with van der Waals surface area (Å²) in [5.74, 6) is 0.444. The van der Waals surface area contributed by atoms with Gasteiger partial charge < -0.3 is 10.7 Å². The van der Waals surface area contributed by atoms with Gasteiger partial charge in [-0.1, -0.05) is 0 Å². The van der Waals surface area contributed by atoms with Crippen LogP contribution in [0.2, 0.25) is 0 Å². The second-order valence-electron chi connectivity index (χ2n) is 4.30. The van der Waals surface area contributed by atoms with Crippen LogP contribution < -0.4 is 10.5 Å². The summed E-state index contributed by atoms with van der Waals surface area (Å²) in [6, 6.07) is 2.60. The lowest BCUT2D eigenvalue weighted by molar-refractivity contribution is -0.384. The van der Waals surface area contributed by atoms with Crippen molar-refractivity contribution in [2.45, 2.75) is 17.9 Å². The summed E-state index contributed by atoms with van der Waals surface area (Å²) < 4.78 is 26.9. The van der Waals surface area contributed by atoms with Crippen molar-refractivity contribution < 1.29 is 13.3 Å². The van der Waals surface area contributed by atoms with Gasteiger partial charge in [0, 0.05) is 24.5 Å². The number of nitrogens with zero attached hydrogens (tertiary/aromatic N) is 2. The third kappa shape index (κ3) is 3.17. The van der Waals surface area contributed by atoms with E-state index in [0.29, 0.717) is 5.82 Å². The van der Waals surface area contributed by atoms with Crippen molar-refractivity contribution in [1.82, 2.24) is 14.7 Å². The first kappa shape index (κ1) is 14.9. The van der Waals surface area contributed by atoms with Gasteiger partial charge in [0.1, 0.15) is 10.7 Å². The quantitative estimate of drug-likeness (QED) is 0.426. The normalized spacial score (nSPS) is 13.0. The highest BCUT2D eigenvalue weighted by Gasteiger charge is 2.23. The monoisotopic (exact) mass is 311 g/mol. The SMILES string of the molecule is CC(NS(=O)(=O)c1ccc([N+](=O)[O-])cc1N)c1ncc[nH]1. The van der Waals surface area contributed by atoms with Crippen LogP contribution in [0.4, 0.5) is 11.4 Å². The van der Waals surface area contributed by atoms with Gasteiger partial charge in [-0.2, -0.15) is 0 Å². The van der Waals surface area contributed by atoms with Gasteiger partial charge >= 0.3 is 0 Å². The fourth-order valence-electron chi connectivity index (χ4n) is 1.76. The first-order chi connectivity index (χ1) is 9.81. The number of nitrogens with two attached hydrogens (primary N) is 1. The minimum atomic E-state index is -3.92. The van der Waals surface area contributed by atoms with Crippen LogP contribution in [0.25, 0.3) is 0 Å². The van der Waals surface area contributed by atoms with Gasteiger partial charge in [-0.3, -0.25) is 10.1 Å². The Bertz CT molecular complexity index is 757. The molecule has 1 aromatic carbocycles. The Labute approximate surface area is 120 Å². The third-order valence-electron chi connectivity index (χ3n) is 2.76. The number of rotatable bonds is 5. The second kappa shape index (κ2) is 5.50. The van der Waals surface area contributed by atoms with Crippen molar-refractivity contribution in [1.29, 1.82) is 0 Å². The minimum absolute atomic E-state index is 0.191. The van der Waals surface area contributed by atoms with Crippen molar-refractivity contribution in [3.05, 3.63) is 46.5 Å². The number of benzene rings is 1. The van der Waals surface area contributed by atoms with E-state index in [2.05, 4.69) is 14.7 Å². The number of anilines is 1. The van der Waals surface area contributed by atoms with E-state index in [1.807, 2.05) is 0 Å². The molecular formula is C11H13N5O4S. The second-order valence-corrected chi connectivity index (χ2v) is 5.98. The van der Waals surface area contributed by atoms with E-state index in [1.54, 1.807) is 13.1 Å². The molecule has 0 saturated carbocycles. The highest BCUT2D eigenvalue weighted by molar-refractivity contribution is 7.89. The maximum Gasteiger partial charge on any atom is 0.271 e. The summed E-state index contributed by atoms with van der Waals surface area (Å²) in [5, 5.41) is 10.6. The van der Waals surface area contributed by atoms with E-state index in [-0.39, 0.29) is 16.3 Å². The van der Waals surface area contributed by atoms with Crippen LogP contribution in [-0.2, 0) is 10.0 Å². The molecule has 0 aliphatic rings. The van der Waals surface area contributed by atoms with Crippen LogP contribution in [-0.4, -0.2) is 23.3 Å². The lowest BCUT2D eigenvalue weighted by Gasteiger charge is -2.13. The van der Waals surface area contributed by atoms with Gasteiger partial charge in [-0.05, 0) is 13.0 Å². The number of nitrogens with one attached hydrogen (secondary N) is 2. The van der Waals surface area contributed by atoms with Crippen LogP contribution in [0.5, 0.6) is 0 Å². The topological polar surface area (TPSA) is 144 Å².